The Bertz CT molecular complexity index is 698. The quantitative estimate of drug-likeness (QED) is 0.843. The summed E-state index contributed by atoms with van der Waals surface area (Å²) in [7, 11) is 0. The molecule has 0 aliphatic heterocycles. The molecule has 2 rings (SSSR count). The molecule has 0 aromatic heterocycles. The number of amides is 2. The molecule has 0 spiro atoms. The van der Waals surface area contributed by atoms with Gasteiger partial charge >= 0.3 is 6.09 Å². The van der Waals surface area contributed by atoms with Gasteiger partial charge in [-0.05, 0) is 50.2 Å². The molecule has 2 aromatic carbocycles. The van der Waals surface area contributed by atoms with Crippen LogP contribution in [0.2, 0.25) is 0 Å². The largest absolute Gasteiger partial charge is 0.492 e. The van der Waals surface area contributed by atoms with Crippen molar-refractivity contribution in [3.8, 4) is 5.75 Å². The van der Waals surface area contributed by atoms with E-state index in [9.17, 15) is 9.59 Å². The highest BCUT2D eigenvalue weighted by atomic mass is 16.5. The molecule has 24 heavy (non-hydrogen) atoms. The van der Waals surface area contributed by atoms with Crippen molar-refractivity contribution in [2.75, 3.05) is 23.8 Å². The number of anilines is 2. The summed E-state index contributed by atoms with van der Waals surface area (Å²) < 4.78 is 10.3. The summed E-state index contributed by atoms with van der Waals surface area (Å²) in [5, 5.41) is 5.39. The number of benzene rings is 2. The van der Waals surface area contributed by atoms with E-state index >= 15 is 0 Å². The summed E-state index contributed by atoms with van der Waals surface area (Å²) in [5.74, 6) is 0.360. The van der Waals surface area contributed by atoms with Gasteiger partial charge in [0.1, 0.15) is 5.75 Å². The summed E-state index contributed by atoms with van der Waals surface area (Å²) in [6.45, 7) is 4.42. The van der Waals surface area contributed by atoms with Gasteiger partial charge in [0.05, 0.1) is 18.9 Å². The Morgan fingerprint density at radius 3 is 2.29 bits per heavy atom. The first-order chi connectivity index (χ1) is 11.6. The highest BCUT2D eigenvalue weighted by Crippen LogP contribution is 2.24. The topological polar surface area (TPSA) is 76.7 Å². The molecule has 2 aromatic rings. The second kappa shape index (κ2) is 8.57. The van der Waals surface area contributed by atoms with E-state index in [1.807, 2.05) is 19.1 Å². The van der Waals surface area contributed by atoms with E-state index in [4.69, 9.17) is 9.47 Å². The van der Waals surface area contributed by atoms with Crippen molar-refractivity contribution < 1.29 is 19.1 Å². The van der Waals surface area contributed by atoms with Crippen molar-refractivity contribution in [1.29, 1.82) is 0 Å². The van der Waals surface area contributed by atoms with E-state index in [2.05, 4.69) is 10.6 Å². The second-order valence-electron chi connectivity index (χ2n) is 4.81. The second-order valence-corrected chi connectivity index (χ2v) is 4.81. The van der Waals surface area contributed by atoms with Crippen molar-refractivity contribution >= 4 is 23.4 Å². The minimum Gasteiger partial charge on any atom is -0.492 e. The van der Waals surface area contributed by atoms with Crippen molar-refractivity contribution in [2.24, 2.45) is 0 Å². The first-order valence-electron chi connectivity index (χ1n) is 7.71. The Hall–Kier alpha value is -3.02. The molecule has 0 saturated carbocycles. The van der Waals surface area contributed by atoms with Gasteiger partial charge in [-0.15, -0.1) is 0 Å². The Morgan fingerprint density at radius 1 is 0.917 bits per heavy atom. The molecule has 2 amide bonds. The van der Waals surface area contributed by atoms with Gasteiger partial charge in [-0.3, -0.25) is 10.1 Å². The van der Waals surface area contributed by atoms with E-state index in [0.717, 1.165) is 0 Å². The molecule has 2 N–H and O–H groups in total. The van der Waals surface area contributed by atoms with Crippen LogP contribution in [-0.2, 0) is 4.74 Å². The highest BCUT2D eigenvalue weighted by Gasteiger charge is 2.10. The van der Waals surface area contributed by atoms with E-state index < -0.39 is 6.09 Å². The van der Waals surface area contributed by atoms with E-state index in [0.29, 0.717) is 35.9 Å². The van der Waals surface area contributed by atoms with Crippen LogP contribution in [0.5, 0.6) is 5.75 Å². The van der Waals surface area contributed by atoms with E-state index in [1.54, 1.807) is 43.3 Å². The number of para-hydroxylation sites is 2. The molecule has 0 aliphatic rings. The molecule has 0 bridgehead atoms. The summed E-state index contributed by atoms with van der Waals surface area (Å²) in [6.07, 6.45) is -0.527. The average molecular weight is 328 g/mol. The lowest BCUT2D eigenvalue weighted by Crippen LogP contribution is -2.14. The fourth-order valence-corrected chi connectivity index (χ4v) is 2.04. The van der Waals surface area contributed by atoms with Gasteiger partial charge in [0.15, 0.2) is 0 Å². The summed E-state index contributed by atoms with van der Waals surface area (Å²) >= 11 is 0. The summed E-state index contributed by atoms with van der Waals surface area (Å²) in [5.41, 5.74) is 1.63. The molecular weight excluding hydrogens is 308 g/mol. The van der Waals surface area contributed by atoms with Crippen LogP contribution in [0.15, 0.2) is 48.5 Å². The Balaban J connectivity index is 2.04. The van der Waals surface area contributed by atoms with Crippen LogP contribution in [0, 0.1) is 0 Å². The molecule has 0 saturated heterocycles. The lowest BCUT2D eigenvalue weighted by atomic mass is 10.2. The molecule has 0 atom stereocenters. The van der Waals surface area contributed by atoms with Crippen LogP contribution in [0.25, 0.3) is 0 Å². The lowest BCUT2D eigenvalue weighted by molar-refractivity contribution is 0.102. The third-order valence-corrected chi connectivity index (χ3v) is 3.10. The molecule has 0 fully saturated rings. The molecule has 6 heteroatoms. The highest BCUT2D eigenvalue weighted by molar-refractivity contribution is 6.05. The fourth-order valence-electron chi connectivity index (χ4n) is 2.04. The van der Waals surface area contributed by atoms with Gasteiger partial charge in [-0.1, -0.05) is 12.1 Å². The molecular formula is C18H20N2O4. The predicted molar refractivity (Wildman–Crippen MR) is 92.7 cm³/mol. The van der Waals surface area contributed by atoms with Gasteiger partial charge in [-0.25, -0.2) is 4.79 Å². The maximum atomic E-state index is 12.3. The number of carbonyl (C=O) groups excluding carboxylic acids is 2. The van der Waals surface area contributed by atoms with Gasteiger partial charge in [0, 0.05) is 11.3 Å². The van der Waals surface area contributed by atoms with E-state index in [1.165, 1.54) is 0 Å². The van der Waals surface area contributed by atoms with Crippen LogP contribution < -0.4 is 15.4 Å². The normalized spacial score (nSPS) is 9.92. The number of hydrogen-bond acceptors (Lipinski definition) is 4. The van der Waals surface area contributed by atoms with Crippen molar-refractivity contribution in [3.63, 3.8) is 0 Å². The van der Waals surface area contributed by atoms with Crippen LogP contribution >= 0.6 is 0 Å². The molecule has 0 heterocycles. The van der Waals surface area contributed by atoms with Crippen molar-refractivity contribution in [3.05, 3.63) is 54.1 Å². The Kier molecular flexibility index (Phi) is 6.19. The number of carbonyl (C=O) groups is 2. The first-order valence-corrected chi connectivity index (χ1v) is 7.71. The maximum absolute atomic E-state index is 12.3. The molecule has 0 unspecified atom stereocenters. The standard InChI is InChI=1S/C18H20N2O4/c1-3-23-16-8-6-5-7-15(16)20-17(21)13-9-11-14(12-10-13)19-18(22)24-4-2/h5-12H,3-4H2,1-2H3,(H,19,22)(H,20,21). The SMILES string of the molecule is CCOC(=O)Nc1ccc(C(=O)Nc2ccccc2OCC)cc1. The number of hydrogen-bond donors (Lipinski definition) is 2. The van der Waals surface area contributed by atoms with E-state index in [-0.39, 0.29) is 5.91 Å². The monoisotopic (exact) mass is 328 g/mol. The smallest absolute Gasteiger partial charge is 0.411 e. The number of rotatable bonds is 6. The maximum Gasteiger partial charge on any atom is 0.411 e. The number of nitrogens with one attached hydrogen (secondary N) is 2. The zero-order valence-electron chi connectivity index (χ0n) is 13.7. The van der Waals surface area contributed by atoms with Crippen LogP contribution in [0.1, 0.15) is 24.2 Å². The van der Waals surface area contributed by atoms with Crippen molar-refractivity contribution in [1.82, 2.24) is 0 Å². The molecule has 6 nitrogen and oxygen atoms in total. The Labute approximate surface area is 140 Å². The van der Waals surface area contributed by atoms with Gasteiger partial charge < -0.3 is 14.8 Å². The average Bonchev–Trinajstić information content (AvgIpc) is 2.57. The third-order valence-electron chi connectivity index (χ3n) is 3.10. The lowest BCUT2D eigenvalue weighted by Gasteiger charge is -2.11. The molecule has 0 aliphatic carbocycles. The number of ether oxygens (including phenoxy) is 2. The predicted octanol–water partition coefficient (Wildman–Crippen LogP) is 3.91. The minimum absolute atomic E-state index is 0.259. The zero-order valence-corrected chi connectivity index (χ0v) is 13.7. The Morgan fingerprint density at radius 2 is 1.62 bits per heavy atom. The van der Waals surface area contributed by atoms with Crippen LogP contribution in [-0.4, -0.2) is 25.2 Å². The minimum atomic E-state index is -0.527. The first kappa shape index (κ1) is 17.3. The van der Waals surface area contributed by atoms with Gasteiger partial charge in [0.25, 0.3) is 5.91 Å². The zero-order chi connectivity index (χ0) is 17.4. The fraction of sp³-hybridized carbons (Fsp3) is 0.222. The molecule has 0 radical (unpaired) electrons. The van der Waals surface area contributed by atoms with Gasteiger partial charge in [0.2, 0.25) is 0 Å². The van der Waals surface area contributed by atoms with Crippen LogP contribution in [0.3, 0.4) is 0 Å². The summed E-state index contributed by atoms with van der Waals surface area (Å²) in [6, 6.07) is 13.8. The summed E-state index contributed by atoms with van der Waals surface area (Å²) in [4.78, 5) is 23.7. The molecule has 126 valence electrons. The van der Waals surface area contributed by atoms with Gasteiger partial charge in [-0.2, -0.15) is 0 Å². The van der Waals surface area contributed by atoms with Crippen LogP contribution in [0.4, 0.5) is 16.2 Å². The van der Waals surface area contributed by atoms with Crippen molar-refractivity contribution in [2.45, 2.75) is 13.8 Å². The third kappa shape index (κ3) is 4.74.